The number of carbonyl (C=O) groups excluding carboxylic acids is 1. The number of carbonyl (C=O) groups is 1. The molecule has 27 heavy (non-hydrogen) atoms. The molecule has 7 nitrogen and oxygen atoms in total. The molecular formula is C17H23F2N3O4S. The lowest BCUT2D eigenvalue weighted by molar-refractivity contribution is -0.380. The molecular weight excluding hydrogens is 380 g/mol. The summed E-state index contributed by atoms with van der Waals surface area (Å²) >= 11 is 0.985. The maximum absolute atomic E-state index is 14.5. The molecule has 0 N–H and O–H groups in total. The van der Waals surface area contributed by atoms with E-state index in [2.05, 4.69) is 0 Å². The largest absolute Gasteiger partial charge is 0.383 e. The van der Waals surface area contributed by atoms with Crippen LogP contribution in [0.15, 0.2) is 12.1 Å². The first-order chi connectivity index (χ1) is 12.7. The van der Waals surface area contributed by atoms with Crippen molar-refractivity contribution in [3.8, 4) is 0 Å². The number of hydrogen-bond acceptors (Lipinski definition) is 6. The molecule has 150 valence electrons. The van der Waals surface area contributed by atoms with Crippen LogP contribution in [-0.2, 0) is 16.1 Å². The summed E-state index contributed by atoms with van der Waals surface area (Å²) in [5.41, 5.74) is -1.10. The van der Waals surface area contributed by atoms with Crippen LogP contribution in [0.1, 0.15) is 24.1 Å². The molecule has 2 aliphatic rings. The van der Waals surface area contributed by atoms with Gasteiger partial charge in [0.05, 0.1) is 23.5 Å². The van der Waals surface area contributed by atoms with Crippen molar-refractivity contribution in [3.63, 3.8) is 0 Å². The lowest BCUT2D eigenvalue weighted by Gasteiger charge is -2.49. The number of piperidine rings is 2. The first kappa shape index (κ1) is 20.1. The van der Waals surface area contributed by atoms with Gasteiger partial charge in [-0.2, -0.15) is 0 Å². The second-order valence-electron chi connectivity index (χ2n) is 7.34. The van der Waals surface area contributed by atoms with Crippen LogP contribution in [0, 0.1) is 15.5 Å². The van der Waals surface area contributed by atoms with Gasteiger partial charge in [0.1, 0.15) is 0 Å². The first-order valence-corrected chi connectivity index (χ1v) is 9.68. The van der Waals surface area contributed by atoms with Crippen LogP contribution in [0.25, 0.3) is 0 Å². The highest BCUT2D eigenvalue weighted by Crippen LogP contribution is 2.45. The van der Waals surface area contributed by atoms with Gasteiger partial charge in [0.2, 0.25) is 5.91 Å². The Morgan fingerprint density at radius 2 is 2.15 bits per heavy atom. The van der Waals surface area contributed by atoms with E-state index in [-0.39, 0.29) is 24.0 Å². The minimum absolute atomic E-state index is 0.0111. The van der Waals surface area contributed by atoms with E-state index in [1.54, 1.807) is 23.0 Å². The van der Waals surface area contributed by atoms with Crippen molar-refractivity contribution in [2.45, 2.75) is 31.7 Å². The van der Waals surface area contributed by atoms with Gasteiger partial charge >= 0.3 is 5.00 Å². The summed E-state index contributed by atoms with van der Waals surface area (Å²) in [6.07, 6.45) is 0.680. The molecule has 3 rings (SSSR count). The average molecular weight is 403 g/mol. The van der Waals surface area contributed by atoms with Crippen LogP contribution < -0.4 is 0 Å². The summed E-state index contributed by atoms with van der Waals surface area (Å²) in [4.78, 5) is 27.2. The van der Waals surface area contributed by atoms with E-state index < -0.39 is 29.2 Å². The number of nitro groups is 1. The molecule has 0 aliphatic carbocycles. The van der Waals surface area contributed by atoms with E-state index in [9.17, 15) is 23.7 Å². The summed E-state index contributed by atoms with van der Waals surface area (Å²) in [6, 6.07) is 2.98. The van der Waals surface area contributed by atoms with Crippen LogP contribution >= 0.6 is 11.3 Å². The van der Waals surface area contributed by atoms with Gasteiger partial charge in [-0.05, 0) is 18.9 Å². The molecule has 1 amide bonds. The quantitative estimate of drug-likeness (QED) is 0.539. The van der Waals surface area contributed by atoms with E-state index >= 15 is 0 Å². The zero-order valence-corrected chi connectivity index (χ0v) is 16.0. The molecule has 0 aromatic carbocycles. The lowest BCUT2D eigenvalue weighted by Crippen LogP contribution is -2.61. The zero-order chi connectivity index (χ0) is 19.7. The van der Waals surface area contributed by atoms with Gasteiger partial charge in [0.25, 0.3) is 5.92 Å². The molecule has 10 heteroatoms. The van der Waals surface area contributed by atoms with Crippen molar-refractivity contribution < 1.29 is 23.2 Å². The molecule has 1 aromatic rings. The second-order valence-corrected chi connectivity index (χ2v) is 8.49. The Labute approximate surface area is 160 Å². The predicted octanol–water partition coefficient (Wildman–Crippen LogP) is 2.75. The van der Waals surface area contributed by atoms with E-state index in [1.807, 2.05) is 0 Å². The normalized spacial score (nSPS) is 25.9. The highest BCUT2D eigenvalue weighted by atomic mass is 32.1. The number of halogens is 2. The second kappa shape index (κ2) is 7.76. The lowest BCUT2D eigenvalue weighted by atomic mass is 9.71. The van der Waals surface area contributed by atoms with Crippen LogP contribution in [0.5, 0.6) is 0 Å². The summed E-state index contributed by atoms with van der Waals surface area (Å²) < 4.78 is 34.1. The smallest absolute Gasteiger partial charge is 0.324 e. The van der Waals surface area contributed by atoms with E-state index in [0.717, 1.165) is 11.3 Å². The number of nitrogens with zero attached hydrogens (tertiary/aromatic N) is 3. The van der Waals surface area contributed by atoms with Crippen LogP contribution in [0.4, 0.5) is 13.8 Å². The Kier molecular flexibility index (Phi) is 5.78. The number of alkyl halides is 2. The minimum atomic E-state index is -2.97. The van der Waals surface area contributed by atoms with E-state index in [0.29, 0.717) is 37.4 Å². The Bertz CT molecular complexity index is 714. The average Bonchev–Trinajstić information content (AvgIpc) is 3.03. The fourth-order valence-electron chi connectivity index (χ4n) is 4.18. The summed E-state index contributed by atoms with van der Waals surface area (Å²) in [7, 11) is 1.54. The van der Waals surface area contributed by atoms with Gasteiger partial charge in [-0.1, -0.05) is 11.3 Å². The third-order valence-corrected chi connectivity index (χ3v) is 6.20. The van der Waals surface area contributed by atoms with Crippen molar-refractivity contribution in [3.05, 3.63) is 27.1 Å². The minimum Gasteiger partial charge on any atom is -0.383 e. The van der Waals surface area contributed by atoms with Crippen molar-refractivity contribution in [2.75, 3.05) is 39.9 Å². The van der Waals surface area contributed by atoms with Crippen molar-refractivity contribution in [1.29, 1.82) is 0 Å². The Morgan fingerprint density at radius 3 is 2.81 bits per heavy atom. The molecule has 1 spiro atoms. The molecule has 2 aliphatic heterocycles. The molecule has 0 bridgehead atoms. The standard InChI is InChI=1S/C17H23F2N3O4S/c1-26-8-7-21-6-2-5-16(15(21)23)10-17(18,19)12-20(11-16)9-13-3-4-14(27-13)22(24)25/h3-4H,2,5-12H2,1H3. The molecule has 0 radical (unpaired) electrons. The van der Waals surface area contributed by atoms with Gasteiger partial charge in [0.15, 0.2) is 0 Å². The number of thiophene rings is 1. The molecule has 1 atom stereocenters. The third kappa shape index (κ3) is 4.44. The van der Waals surface area contributed by atoms with Crippen molar-refractivity contribution in [1.82, 2.24) is 9.80 Å². The molecule has 1 aromatic heterocycles. The summed E-state index contributed by atoms with van der Waals surface area (Å²) in [5.74, 6) is -3.20. The molecule has 3 heterocycles. The monoisotopic (exact) mass is 403 g/mol. The number of amides is 1. The van der Waals surface area contributed by atoms with Crippen LogP contribution in [-0.4, -0.2) is 66.4 Å². The molecule has 1 unspecified atom stereocenters. The molecule has 0 saturated carbocycles. The SMILES string of the molecule is COCCN1CCCC2(CN(Cc3ccc([N+](=O)[O-])s3)CC(F)(F)C2)C1=O. The van der Waals surface area contributed by atoms with Crippen LogP contribution in [0.2, 0.25) is 0 Å². The highest BCUT2D eigenvalue weighted by molar-refractivity contribution is 7.15. The zero-order valence-electron chi connectivity index (χ0n) is 15.2. The summed E-state index contributed by atoms with van der Waals surface area (Å²) in [6.45, 7) is 1.33. The van der Waals surface area contributed by atoms with Crippen LogP contribution in [0.3, 0.4) is 0 Å². The van der Waals surface area contributed by atoms with Gasteiger partial charge in [-0.25, -0.2) is 8.78 Å². The van der Waals surface area contributed by atoms with E-state index in [1.165, 1.54) is 6.07 Å². The first-order valence-electron chi connectivity index (χ1n) is 8.86. The highest BCUT2D eigenvalue weighted by Gasteiger charge is 2.55. The number of ether oxygens (including phenoxy) is 1. The molecule has 2 fully saturated rings. The topological polar surface area (TPSA) is 75.9 Å². The van der Waals surface area contributed by atoms with Crippen molar-refractivity contribution in [2.24, 2.45) is 5.41 Å². The fraction of sp³-hybridized carbons (Fsp3) is 0.706. The predicted molar refractivity (Wildman–Crippen MR) is 95.9 cm³/mol. The summed E-state index contributed by atoms with van der Waals surface area (Å²) in [5, 5.41) is 10.8. The number of methoxy groups -OCH3 is 1. The third-order valence-electron chi connectivity index (χ3n) is 5.17. The van der Waals surface area contributed by atoms with Gasteiger partial charge in [-0.3, -0.25) is 19.8 Å². The number of rotatable bonds is 6. The van der Waals surface area contributed by atoms with E-state index in [4.69, 9.17) is 4.74 Å². The van der Waals surface area contributed by atoms with Crippen molar-refractivity contribution >= 4 is 22.2 Å². The number of hydrogen-bond donors (Lipinski definition) is 0. The fourth-order valence-corrected chi connectivity index (χ4v) is 5.04. The van der Waals surface area contributed by atoms with Gasteiger partial charge in [-0.15, -0.1) is 0 Å². The maximum Gasteiger partial charge on any atom is 0.324 e. The Morgan fingerprint density at radius 1 is 1.37 bits per heavy atom. The molecule has 2 saturated heterocycles. The van der Waals surface area contributed by atoms with Gasteiger partial charge < -0.3 is 9.64 Å². The number of likely N-dealkylation sites (tertiary alicyclic amines) is 2. The van der Waals surface area contributed by atoms with Gasteiger partial charge in [0, 0.05) is 50.7 Å². The maximum atomic E-state index is 14.5. The Hall–Kier alpha value is -1.65. The Balaban J connectivity index is 1.77.